The van der Waals surface area contributed by atoms with Crippen molar-refractivity contribution in [2.75, 3.05) is 0 Å². The second kappa shape index (κ2) is 9.17. The van der Waals surface area contributed by atoms with Crippen LogP contribution in [0.5, 0.6) is 0 Å². The van der Waals surface area contributed by atoms with Crippen LogP contribution in [0.3, 0.4) is 0 Å². The summed E-state index contributed by atoms with van der Waals surface area (Å²) in [5.74, 6) is 2.01. The van der Waals surface area contributed by atoms with Gasteiger partial charge in [0, 0.05) is 16.7 Å². The summed E-state index contributed by atoms with van der Waals surface area (Å²) in [7, 11) is 0. The van der Waals surface area contributed by atoms with Gasteiger partial charge in [0.1, 0.15) is 0 Å². The maximum absolute atomic E-state index is 5.13. The zero-order chi connectivity index (χ0) is 28.4. The molecule has 9 rings (SSSR count). The molecule has 1 aromatic heterocycles. The largest absolute Gasteiger partial charge is 0.208 e. The number of hydrogen-bond donors (Lipinski definition) is 0. The molecule has 0 atom stereocenters. The molecule has 200 valence electrons. The van der Waals surface area contributed by atoms with E-state index in [4.69, 9.17) is 15.0 Å². The first kappa shape index (κ1) is 24.0. The highest BCUT2D eigenvalue weighted by atomic mass is 15.0. The van der Waals surface area contributed by atoms with Crippen LogP contribution in [-0.2, 0) is 5.41 Å². The van der Waals surface area contributed by atoms with Crippen molar-refractivity contribution in [3.05, 3.63) is 174 Å². The first-order valence-electron chi connectivity index (χ1n) is 14.6. The summed E-state index contributed by atoms with van der Waals surface area (Å²) in [5, 5.41) is 0. The number of aromatic nitrogens is 3. The van der Waals surface area contributed by atoms with Crippen molar-refractivity contribution in [3.8, 4) is 56.4 Å². The molecule has 43 heavy (non-hydrogen) atoms. The number of hydrogen-bond acceptors (Lipinski definition) is 3. The van der Waals surface area contributed by atoms with Gasteiger partial charge in [0.25, 0.3) is 0 Å². The van der Waals surface area contributed by atoms with E-state index < -0.39 is 5.41 Å². The number of fused-ring (bicyclic) bond motifs is 10. The first-order chi connectivity index (χ1) is 21.3. The normalized spacial score (nSPS) is 13.3. The molecule has 1 spiro atoms. The molecule has 6 aromatic carbocycles. The van der Waals surface area contributed by atoms with Gasteiger partial charge in [-0.3, -0.25) is 0 Å². The van der Waals surface area contributed by atoms with Crippen molar-refractivity contribution in [2.24, 2.45) is 0 Å². The van der Waals surface area contributed by atoms with Crippen LogP contribution in [0.15, 0.2) is 152 Å². The third-order valence-corrected chi connectivity index (χ3v) is 8.96. The van der Waals surface area contributed by atoms with Crippen LogP contribution in [0.25, 0.3) is 56.4 Å². The summed E-state index contributed by atoms with van der Waals surface area (Å²) >= 11 is 0. The predicted octanol–water partition coefficient (Wildman–Crippen LogP) is 9.22. The molecule has 0 saturated heterocycles. The number of benzene rings is 6. The average molecular weight is 548 g/mol. The fourth-order valence-corrected chi connectivity index (χ4v) is 7.26. The standard InChI is InChI=1S/C40H25N3/c1-3-14-26(15-4-1)37-41-38(27-16-5-2-6-17-27)43-39(42-37)31-21-13-25-35-36(31)30-20-9-12-24-34(30)40(35)32-22-10-7-18-28(32)29-19-8-11-23-33(29)40/h1-25H. The van der Waals surface area contributed by atoms with Gasteiger partial charge in [-0.05, 0) is 44.5 Å². The minimum Gasteiger partial charge on any atom is -0.208 e. The molecule has 0 N–H and O–H groups in total. The number of rotatable bonds is 3. The van der Waals surface area contributed by atoms with E-state index >= 15 is 0 Å². The molecule has 7 aromatic rings. The molecule has 0 fully saturated rings. The lowest BCUT2D eigenvalue weighted by Crippen LogP contribution is -2.25. The summed E-state index contributed by atoms with van der Waals surface area (Å²) in [6, 6.07) is 53.6. The molecular formula is C40H25N3. The van der Waals surface area contributed by atoms with E-state index in [2.05, 4.69) is 115 Å². The lowest BCUT2D eigenvalue weighted by atomic mass is 9.70. The molecule has 3 nitrogen and oxygen atoms in total. The minimum absolute atomic E-state index is 0.410. The molecule has 2 aliphatic carbocycles. The molecule has 0 aliphatic heterocycles. The molecule has 2 aliphatic rings. The number of nitrogens with zero attached hydrogens (tertiary/aromatic N) is 3. The van der Waals surface area contributed by atoms with Crippen molar-refractivity contribution >= 4 is 0 Å². The molecule has 0 bridgehead atoms. The van der Waals surface area contributed by atoms with Gasteiger partial charge >= 0.3 is 0 Å². The Balaban J connectivity index is 1.37. The molecule has 0 amide bonds. The monoisotopic (exact) mass is 547 g/mol. The van der Waals surface area contributed by atoms with E-state index in [1.54, 1.807) is 0 Å². The predicted molar refractivity (Wildman–Crippen MR) is 172 cm³/mol. The van der Waals surface area contributed by atoms with Crippen LogP contribution in [0.4, 0.5) is 0 Å². The fourth-order valence-electron chi connectivity index (χ4n) is 7.26. The van der Waals surface area contributed by atoms with Crippen LogP contribution in [-0.4, -0.2) is 15.0 Å². The van der Waals surface area contributed by atoms with E-state index in [0.29, 0.717) is 17.5 Å². The van der Waals surface area contributed by atoms with Gasteiger partial charge in [-0.25, -0.2) is 15.0 Å². The van der Waals surface area contributed by atoms with Gasteiger partial charge < -0.3 is 0 Å². The fraction of sp³-hybridized carbons (Fsp3) is 0.0250. The molecular weight excluding hydrogens is 522 g/mol. The Hall–Kier alpha value is -5.67. The maximum Gasteiger partial charge on any atom is 0.164 e. The summed E-state index contributed by atoms with van der Waals surface area (Å²) in [4.78, 5) is 15.2. The topological polar surface area (TPSA) is 38.7 Å². The van der Waals surface area contributed by atoms with Crippen LogP contribution >= 0.6 is 0 Å². The minimum atomic E-state index is -0.410. The smallest absolute Gasteiger partial charge is 0.164 e. The van der Waals surface area contributed by atoms with Crippen molar-refractivity contribution < 1.29 is 0 Å². The summed E-state index contributed by atoms with van der Waals surface area (Å²) < 4.78 is 0. The zero-order valence-electron chi connectivity index (χ0n) is 23.3. The Bertz CT molecular complexity index is 2080. The molecule has 1 heterocycles. The van der Waals surface area contributed by atoms with E-state index in [1.807, 2.05) is 36.4 Å². The lowest BCUT2D eigenvalue weighted by Gasteiger charge is -2.30. The van der Waals surface area contributed by atoms with Crippen LogP contribution in [0, 0.1) is 0 Å². The molecule has 0 radical (unpaired) electrons. The highest BCUT2D eigenvalue weighted by molar-refractivity contribution is 5.99. The van der Waals surface area contributed by atoms with Gasteiger partial charge in [-0.15, -0.1) is 0 Å². The van der Waals surface area contributed by atoms with Crippen molar-refractivity contribution in [3.63, 3.8) is 0 Å². The van der Waals surface area contributed by atoms with E-state index in [1.165, 1.54) is 44.5 Å². The first-order valence-corrected chi connectivity index (χ1v) is 14.6. The van der Waals surface area contributed by atoms with Gasteiger partial charge in [-0.1, -0.05) is 152 Å². The van der Waals surface area contributed by atoms with Crippen LogP contribution in [0.2, 0.25) is 0 Å². The van der Waals surface area contributed by atoms with Crippen molar-refractivity contribution in [1.82, 2.24) is 15.0 Å². The SMILES string of the molecule is c1ccc(-c2nc(-c3ccccc3)nc(-c3cccc4c3-c3ccccc3C43c4ccccc4-c4ccccc43)n2)cc1. The second-order valence-electron chi connectivity index (χ2n) is 11.2. The Morgan fingerprint density at radius 2 is 0.698 bits per heavy atom. The summed E-state index contributed by atoms with van der Waals surface area (Å²) in [5.41, 5.74) is 12.8. The highest BCUT2D eigenvalue weighted by Gasteiger charge is 2.52. The molecule has 0 unspecified atom stereocenters. The quantitative estimate of drug-likeness (QED) is 0.221. The third kappa shape index (κ3) is 3.33. The summed E-state index contributed by atoms with van der Waals surface area (Å²) in [6.07, 6.45) is 0. The van der Waals surface area contributed by atoms with Crippen molar-refractivity contribution in [2.45, 2.75) is 5.41 Å². The van der Waals surface area contributed by atoms with Crippen molar-refractivity contribution in [1.29, 1.82) is 0 Å². The highest BCUT2D eigenvalue weighted by Crippen LogP contribution is 2.63. The van der Waals surface area contributed by atoms with E-state index in [0.717, 1.165) is 16.7 Å². The second-order valence-corrected chi connectivity index (χ2v) is 11.2. The Morgan fingerprint density at radius 3 is 1.26 bits per heavy atom. The van der Waals surface area contributed by atoms with Crippen LogP contribution < -0.4 is 0 Å². The maximum atomic E-state index is 5.13. The molecule has 3 heteroatoms. The Morgan fingerprint density at radius 1 is 0.302 bits per heavy atom. The van der Waals surface area contributed by atoms with E-state index in [-0.39, 0.29) is 0 Å². The van der Waals surface area contributed by atoms with Crippen LogP contribution in [0.1, 0.15) is 22.3 Å². The Kier molecular flexibility index (Phi) is 5.11. The average Bonchev–Trinajstić information content (AvgIpc) is 3.56. The Labute approximate surface area is 250 Å². The van der Waals surface area contributed by atoms with Gasteiger partial charge in [0.15, 0.2) is 17.5 Å². The lowest BCUT2D eigenvalue weighted by molar-refractivity contribution is 0.794. The van der Waals surface area contributed by atoms with E-state index in [9.17, 15) is 0 Å². The van der Waals surface area contributed by atoms with Gasteiger partial charge in [-0.2, -0.15) is 0 Å². The van der Waals surface area contributed by atoms with Gasteiger partial charge in [0.05, 0.1) is 5.41 Å². The third-order valence-electron chi connectivity index (χ3n) is 8.96. The van der Waals surface area contributed by atoms with Gasteiger partial charge in [0.2, 0.25) is 0 Å². The molecule has 0 saturated carbocycles. The zero-order valence-corrected chi connectivity index (χ0v) is 23.3. The summed E-state index contributed by atoms with van der Waals surface area (Å²) in [6.45, 7) is 0.